The van der Waals surface area contributed by atoms with E-state index in [0.29, 0.717) is 18.8 Å². The van der Waals surface area contributed by atoms with Crippen molar-refractivity contribution in [1.82, 2.24) is 0 Å². The van der Waals surface area contributed by atoms with Gasteiger partial charge in [-0.3, -0.25) is 0 Å². The van der Waals surface area contributed by atoms with Crippen molar-refractivity contribution in [2.45, 2.75) is 32.0 Å². The molecule has 0 amide bonds. The molecule has 0 unspecified atom stereocenters. The number of carbonyl (C=O) groups is 1. The number of hydrogen-bond acceptors (Lipinski definition) is 5. The molecular weight excluding hydrogens is 294 g/mol. The molecule has 0 aliphatic carbocycles. The Morgan fingerprint density at radius 3 is 2.74 bits per heavy atom. The van der Waals surface area contributed by atoms with Crippen molar-refractivity contribution >= 4 is 11.7 Å². The van der Waals surface area contributed by atoms with Crippen LogP contribution in [-0.4, -0.2) is 39.1 Å². The highest BCUT2D eigenvalue weighted by atomic mass is 16.7. The molecule has 0 spiro atoms. The first-order valence-electron chi connectivity index (χ1n) is 7.88. The highest BCUT2D eigenvalue weighted by molar-refractivity contribution is 5.91. The van der Waals surface area contributed by atoms with Crippen LogP contribution < -0.4 is 4.90 Å². The summed E-state index contributed by atoms with van der Waals surface area (Å²) in [5, 5.41) is 0. The first-order valence-corrected chi connectivity index (χ1v) is 7.88. The fourth-order valence-corrected chi connectivity index (χ4v) is 3.22. The molecule has 5 nitrogen and oxygen atoms in total. The Balaban J connectivity index is 1.86. The number of ether oxygens (including phenoxy) is 3. The normalized spacial score (nSPS) is 20.0. The molecular formula is C18H23NO4. The summed E-state index contributed by atoms with van der Waals surface area (Å²) in [6.07, 6.45) is 0.650. The molecule has 0 radical (unpaired) electrons. The van der Waals surface area contributed by atoms with Crippen molar-refractivity contribution in [3.8, 4) is 0 Å². The number of anilines is 1. The Morgan fingerprint density at radius 1 is 1.39 bits per heavy atom. The Kier molecular flexibility index (Phi) is 4.17. The van der Waals surface area contributed by atoms with Crippen molar-refractivity contribution in [3.63, 3.8) is 0 Å². The number of fused-ring (bicyclic) bond motifs is 1. The molecule has 2 aliphatic heterocycles. The molecule has 0 aromatic heterocycles. The Morgan fingerprint density at radius 2 is 2.09 bits per heavy atom. The predicted molar refractivity (Wildman–Crippen MR) is 87.6 cm³/mol. The average Bonchev–Trinajstić information content (AvgIpc) is 3.12. The minimum absolute atomic E-state index is 0.135. The van der Waals surface area contributed by atoms with Crippen molar-refractivity contribution in [2.24, 2.45) is 0 Å². The molecule has 0 atom stereocenters. The standard InChI is InChI=1S/C18H23NO4/c1-12-18(2,3)14-11-13(17(20)21-4)5-6-15(14)19(12)8-7-16-22-9-10-23-16/h5-6,11,16H,1,7-10H2,2-4H3. The summed E-state index contributed by atoms with van der Waals surface area (Å²) in [4.78, 5) is 14.0. The van der Waals surface area contributed by atoms with Gasteiger partial charge in [0.25, 0.3) is 0 Å². The molecule has 1 aromatic carbocycles. The molecule has 1 fully saturated rings. The van der Waals surface area contributed by atoms with Gasteiger partial charge in [0, 0.05) is 29.8 Å². The van der Waals surface area contributed by atoms with Gasteiger partial charge in [0.2, 0.25) is 0 Å². The lowest BCUT2D eigenvalue weighted by atomic mass is 9.84. The van der Waals surface area contributed by atoms with Crippen LogP contribution >= 0.6 is 0 Å². The third-order valence-electron chi connectivity index (χ3n) is 4.71. The fourth-order valence-electron chi connectivity index (χ4n) is 3.22. The SMILES string of the molecule is C=C1N(CCC2OCCO2)c2ccc(C(=O)OC)cc2C1(C)C. The molecule has 0 saturated carbocycles. The van der Waals surface area contributed by atoms with E-state index in [4.69, 9.17) is 14.2 Å². The number of benzene rings is 1. The van der Waals surface area contributed by atoms with E-state index in [1.165, 1.54) is 7.11 Å². The maximum absolute atomic E-state index is 11.8. The van der Waals surface area contributed by atoms with Crippen LogP contribution in [0.4, 0.5) is 5.69 Å². The smallest absolute Gasteiger partial charge is 0.337 e. The topological polar surface area (TPSA) is 48.0 Å². The van der Waals surface area contributed by atoms with Crippen LogP contribution in [0.25, 0.3) is 0 Å². The van der Waals surface area contributed by atoms with E-state index in [2.05, 4.69) is 25.3 Å². The third-order valence-corrected chi connectivity index (χ3v) is 4.71. The Labute approximate surface area is 136 Å². The highest BCUT2D eigenvalue weighted by Crippen LogP contribution is 2.47. The van der Waals surface area contributed by atoms with E-state index >= 15 is 0 Å². The van der Waals surface area contributed by atoms with Crippen LogP contribution in [0.15, 0.2) is 30.5 Å². The molecule has 5 heteroatoms. The molecule has 124 valence electrons. The number of carbonyl (C=O) groups excluding carboxylic acids is 1. The summed E-state index contributed by atoms with van der Waals surface area (Å²) < 4.78 is 15.9. The second-order valence-corrected chi connectivity index (χ2v) is 6.41. The number of hydrogen-bond donors (Lipinski definition) is 0. The van der Waals surface area contributed by atoms with Crippen LogP contribution in [0.3, 0.4) is 0 Å². The summed E-state index contributed by atoms with van der Waals surface area (Å²) in [5.41, 5.74) is 3.55. The molecule has 0 N–H and O–H groups in total. The van der Waals surface area contributed by atoms with Gasteiger partial charge in [-0.25, -0.2) is 4.79 Å². The van der Waals surface area contributed by atoms with Gasteiger partial charge in [0.1, 0.15) is 0 Å². The van der Waals surface area contributed by atoms with Gasteiger partial charge >= 0.3 is 5.97 Å². The van der Waals surface area contributed by atoms with Crippen LogP contribution in [0, 0.1) is 0 Å². The first-order chi connectivity index (χ1) is 10.9. The van der Waals surface area contributed by atoms with Crippen LogP contribution in [0.1, 0.15) is 36.2 Å². The van der Waals surface area contributed by atoms with Gasteiger partial charge < -0.3 is 19.1 Å². The van der Waals surface area contributed by atoms with Gasteiger partial charge in [-0.2, -0.15) is 0 Å². The van der Waals surface area contributed by atoms with Crippen molar-refractivity contribution in [3.05, 3.63) is 41.6 Å². The monoisotopic (exact) mass is 317 g/mol. The number of allylic oxidation sites excluding steroid dienone is 1. The van der Waals surface area contributed by atoms with Crippen LogP contribution in [0.5, 0.6) is 0 Å². The zero-order valence-corrected chi connectivity index (χ0v) is 13.9. The highest BCUT2D eigenvalue weighted by Gasteiger charge is 2.39. The molecule has 0 bridgehead atoms. The van der Waals surface area contributed by atoms with E-state index < -0.39 is 0 Å². The quantitative estimate of drug-likeness (QED) is 0.799. The zero-order chi connectivity index (χ0) is 16.6. The van der Waals surface area contributed by atoms with Crippen LogP contribution in [0.2, 0.25) is 0 Å². The lowest BCUT2D eigenvalue weighted by molar-refractivity contribution is -0.0447. The molecule has 3 rings (SSSR count). The van der Waals surface area contributed by atoms with E-state index in [1.54, 1.807) is 6.07 Å². The minimum Gasteiger partial charge on any atom is -0.465 e. The number of nitrogens with zero attached hydrogens (tertiary/aromatic N) is 1. The molecule has 2 aliphatic rings. The van der Waals surface area contributed by atoms with E-state index in [9.17, 15) is 4.79 Å². The van der Waals surface area contributed by atoms with Crippen LogP contribution in [-0.2, 0) is 19.6 Å². The molecule has 1 aromatic rings. The maximum atomic E-state index is 11.8. The maximum Gasteiger partial charge on any atom is 0.337 e. The third kappa shape index (κ3) is 2.75. The second kappa shape index (κ2) is 5.98. The molecule has 2 heterocycles. The van der Waals surface area contributed by atoms with E-state index in [1.807, 2.05) is 12.1 Å². The number of rotatable bonds is 4. The molecule has 23 heavy (non-hydrogen) atoms. The first kappa shape index (κ1) is 16.0. The summed E-state index contributed by atoms with van der Waals surface area (Å²) in [7, 11) is 1.40. The van der Waals surface area contributed by atoms with Crippen molar-refractivity contribution in [1.29, 1.82) is 0 Å². The Hall–Kier alpha value is -1.85. The van der Waals surface area contributed by atoms with E-state index in [-0.39, 0.29) is 17.7 Å². The largest absolute Gasteiger partial charge is 0.465 e. The summed E-state index contributed by atoms with van der Waals surface area (Å²) in [5.74, 6) is -0.319. The minimum atomic E-state index is -0.319. The fraction of sp³-hybridized carbons (Fsp3) is 0.500. The predicted octanol–water partition coefficient (Wildman–Crippen LogP) is 2.85. The second-order valence-electron chi connectivity index (χ2n) is 6.41. The summed E-state index contributed by atoms with van der Waals surface area (Å²) >= 11 is 0. The zero-order valence-electron chi connectivity index (χ0n) is 13.9. The number of methoxy groups -OCH3 is 1. The molecule has 1 saturated heterocycles. The van der Waals surface area contributed by atoms with Gasteiger partial charge in [-0.05, 0) is 23.8 Å². The van der Waals surface area contributed by atoms with E-state index in [0.717, 1.165) is 29.9 Å². The lowest BCUT2D eigenvalue weighted by Crippen LogP contribution is -2.28. The lowest BCUT2D eigenvalue weighted by Gasteiger charge is -2.26. The van der Waals surface area contributed by atoms with Gasteiger partial charge in [0.15, 0.2) is 6.29 Å². The summed E-state index contributed by atoms with van der Waals surface area (Å²) in [6.45, 7) is 10.6. The summed E-state index contributed by atoms with van der Waals surface area (Å²) in [6, 6.07) is 5.68. The Bertz CT molecular complexity index is 632. The van der Waals surface area contributed by atoms with Gasteiger partial charge in [-0.15, -0.1) is 0 Å². The van der Waals surface area contributed by atoms with Crippen molar-refractivity contribution in [2.75, 3.05) is 31.8 Å². The number of esters is 1. The van der Waals surface area contributed by atoms with Gasteiger partial charge in [-0.1, -0.05) is 20.4 Å². The van der Waals surface area contributed by atoms with Crippen molar-refractivity contribution < 1.29 is 19.0 Å². The van der Waals surface area contributed by atoms with Gasteiger partial charge in [0.05, 0.1) is 25.9 Å². The average molecular weight is 317 g/mol.